The van der Waals surface area contributed by atoms with Crippen molar-refractivity contribution >= 4 is 96.9 Å². The van der Waals surface area contributed by atoms with E-state index in [0.29, 0.717) is 73.7 Å². The first-order valence-electron chi connectivity index (χ1n) is 11.5. The van der Waals surface area contributed by atoms with Crippen LogP contribution in [0, 0.1) is 10.7 Å². The molecule has 0 heterocycles. The molecule has 0 bridgehead atoms. The molecule has 1 aromatic rings. The number of benzene rings is 1. The van der Waals surface area contributed by atoms with Crippen LogP contribution in [0.4, 0.5) is 11.4 Å². The normalized spacial score (nSPS) is 12.8. The minimum atomic E-state index is -0.815. The number of carbonyl (C=O) groups excluding carboxylic acids is 3. The number of hydrogen-bond donors (Lipinski definition) is 5. The van der Waals surface area contributed by atoms with Crippen molar-refractivity contribution in [2.24, 2.45) is 5.73 Å². The molecular weight excluding hydrogens is 811 g/mol. The van der Waals surface area contributed by atoms with Gasteiger partial charge in [-0.2, -0.15) is 0 Å². The van der Waals surface area contributed by atoms with E-state index in [-0.39, 0.29) is 30.6 Å². The van der Waals surface area contributed by atoms with E-state index >= 15 is 0 Å². The van der Waals surface area contributed by atoms with E-state index in [1.54, 1.807) is 9.80 Å². The molecule has 204 valence electrons. The summed E-state index contributed by atoms with van der Waals surface area (Å²) in [4.78, 5) is 41.0. The summed E-state index contributed by atoms with van der Waals surface area (Å²) in [5.41, 5.74) is 6.96. The Balaban J connectivity index is 3.49. The van der Waals surface area contributed by atoms with Crippen LogP contribution in [0.1, 0.15) is 62.7 Å². The summed E-state index contributed by atoms with van der Waals surface area (Å²) in [6.45, 7) is 2.83. The van der Waals surface area contributed by atoms with Gasteiger partial charge in [0.25, 0.3) is 5.91 Å². The van der Waals surface area contributed by atoms with E-state index in [0.717, 1.165) is 0 Å². The minimum Gasteiger partial charge on any atom is -0.394 e. The lowest BCUT2D eigenvalue weighted by atomic mass is 10.1. The Labute approximate surface area is 252 Å². The second-order valence-electron chi connectivity index (χ2n) is 8.38. The molecule has 1 aromatic carbocycles. The molecule has 13 heteroatoms. The van der Waals surface area contributed by atoms with Gasteiger partial charge in [-0.3, -0.25) is 14.4 Å². The molecule has 1 rings (SSSR count). The molecule has 0 fully saturated rings. The summed E-state index contributed by atoms with van der Waals surface area (Å²) >= 11 is 6.10. The Kier molecular flexibility index (Phi) is 15.5. The maximum atomic E-state index is 12.7. The van der Waals surface area contributed by atoms with Crippen molar-refractivity contribution in [3.8, 4) is 0 Å². The molecule has 0 saturated heterocycles. The third-order valence-electron chi connectivity index (χ3n) is 5.58. The van der Waals surface area contributed by atoms with Crippen molar-refractivity contribution in [3.63, 3.8) is 0 Å². The highest BCUT2D eigenvalue weighted by molar-refractivity contribution is 14.1. The minimum absolute atomic E-state index is 0.227. The maximum absolute atomic E-state index is 12.7. The van der Waals surface area contributed by atoms with Crippen molar-refractivity contribution in [3.05, 3.63) is 16.3 Å². The second-order valence-corrected chi connectivity index (χ2v) is 11.6. The molecular formula is C23H34I3N3O7. The topological polar surface area (TPSA) is 165 Å². The van der Waals surface area contributed by atoms with Gasteiger partial charge >= 0.3 is 0 Å². The number of amides is 3. The van der Waals surface area contributed by atoms with Gasteiger partial charge in [0, 0.05) is 26.9 Å². The molecule has 0 radical (unpaired) electrons. The van der Waals surface area contributed by atoms with Gasteiger partial charge in [0.1, 0.15) is 0 Å². The predicted octanol–water partition coefficient (Wildman–Crippen LogP) is 2.35. The van der Waals surface area contributed by atoms with Gasteiger partial charge in [0.2, 0.25) is 11.8 Å². The third kappa shape index (κ3) is 9.44. The molecule has 0 aliphatic rings. The average Bonchev–Trinajstić information content (AvgIpc) is 2.80. The van der Waals surface area contributed by atoms with Gasteiger partial charge in [-0.15, -0.1) is 0 Å². The smallest absolute Gasteiger partial charge is 0.251 e. The van der Waals surface area contributed by atoms with Crippen LogP contribution >= 0.6 is 67.8 Å². The molecule has 0 aromatic heterocycles. The molecule has 2 atom stereocenters. The average molecular weight is 845 g/mol. The zero-order valence-corrected chi connectivity index (χ0v) is 26.8. The summed E-state index contributed by atoms with van der Waals surface area (Å²) < 4.78 is 1.65. The number of hydrogen-bond acceptors (Lipinski definition) is 7. The van der Waals surface area contributed by atoms with Crippen molar-refractivity contribution in [2.75, 3.05) is 36.1 Å². The number of anilines is 2. The summed E-state index contributed by atoms with van der Waals surface area (Å²) in [7, 11) is 0. The highest BCUT2D eigenvalue weighted by Gasteiger charge is 2.31. The Morgan fingerprint density at radius 1 is 0.750 bits per heavy atom. The van der Waals surface area contributed by atoms with Crippen LogP contribution in [0.25, 0.3) is 0 Å². The number of aliphatic hydroxyl groups is 4. The number of halogens is 3. The van der Waals surface area contributed by atoms with E-state index < -0.39 is 18.1 Å². The summed E-state index contributed by atoms with van der Waals surface area (Å²) in [6, 6.07) is 0. The largest absolute Gasteiger partial charge is 0.394 e. The van der Waals surface area contributed by atoms with Gasteiger partial charge in [-0.25, -0.2) is 0 Å². The van der Waals surface area contributed by atoms with Crippen LogP contribution in [0.5, 0.6) is 0 Å². The van der Waals surface area contributed by atoms with E-state index in [4.69, 9.17) is 15.9 Å². The van der Waals surface area contributed by atoms with Crippen LogP contribution in [-0.2, 0) is 9.59 Å². The standard InChI is InChI=1S/C23H34I3N3O7/c1-13(32)28(9-5-3-7-15(34)11-30)21-18(24)17(23(27)36)19(25)22(20(21)26)29(14(2)33)10-6-4-8-16(35)12-31/h15-16,30-31,34-35H,3-12H2,1-2H3,(H2,27,36). The van der Waals surface area contributed by atoms with Gasteiger partial charge < -0.3 is 36.0 Å². The molecule has 2 unspecified atom stereocenters. The quantitative estimate of drug-likeness (QED) is 0.134. The lowest BCUT2D eigenvalue weighted by molar-refractivity contribution is -0.117. The van der Waals surface area contributed by atoms with Crippen LogP contribution in [0.15, 0.2) is 0 Å². The van der Waals surface area contributed by atoms with Crippen molar-refractivity contribution in [1.82, 2.24) is 0 Å². The molecule has 6 N–H and O–H groups in total. The molecule has 3 amide bonds. The van der Waals surface area contributed by atoms with Crippen molar-refractivity contribution in [2.45, 2.75) is 64.6 Å². The summed E-state index contributed by atoms with van der Waals surface area (Å²) in [5.74, 6) is -1.17. The number of rotatable bonds is 15. The van der Waals surface area contributed by atoms with Crippen LogP contribution < -0.4 is 15.5 Å². The fraction of sp³-hybridized carbons (Fsp3) is 0.609. The first-order valence-corrected chi connectivity index (χ1v) is 14.8. The number of aliphatic hydroxyl groups excluding tert-OH is 4. The molecule has 0 saturated carbocycles. The second kappa shape index (κ2) is 16.6. The van der Waals surface area contributed by atoms with Gasteiger partial charge in [0.05, 0.1) is 53.1 Å². The molecule has 0 aliphatic heterocycles. The predicted molar refractivity (Wildman–Crippen MR) is 163 cm³/mol. The highest BCUT2D eigenvalue weighted by atomic mass is 127. The van der Waals surface area contributed by atoms with E-state index in [1.165, 1.54) is 13.8 Å². The summed E-state index contributed by atoms with van der Waals surface area (Å²) in [6.07, 6.45) is 1.43. The Hall–Kier alpha value is -0.340. The zero-order valence-electron chi connectivity index (χ0n) is 20.3. The number of carbonyl (C=O) groups is 3. The maximum Gasteiger partial charge on any atom is 0.251 e. The van der Waals surface area contributed by atoms with E-state index in [9.17, 15) is 24.6 Å². The van der Waals surface area contributed by atoms with E-state index in [2.05, 4.69) is 22.6 Å². The Morgan fingerprint density at radius 3 is 1.39 bits per heavy atom. The Bertz CT molecular complexity index is 870. The lowest BCUT2D eigenvalue weighted by Crippen LogP contribution is -2.36. The SMILES string of the molecule is CC(=O)N(CCCCC(O)CO)c1c(I)c(C(N)=O)c(I)c(N(CCCCC(O)CO)C(C)=O)c1I. The van der Waals surface area contributed by atoms with Gasteiger partial charge in [-0.1, -0.05) is 0 Å². The van der Waals surface area contributed by atoms with Crippen molar-refractivity contribution < 1.29 is 34.8 Å². The third-order valence-corrected chi connectivity index (χ3v) is 8.70. The number of nitrogens with two attached hydrogens (primary N) is 1. The summed E-state index contributed by atoms with van der Waals surface area (Å²) in [5, 5.41) is 37.2. The van der Waals surface area contributed by atoms with E-state index in [1.807, 2.05) is 45.2 Å². The first-order chi connectivity index (χ1) is 16.9. The van der Waals surface area contributed by atoms with Crippen LogP contribution in [0.2, 0.25) is 0 Å². The first kappa shape index (κ1) is 33.7. The number of unbranched alkanes of at least 4 members (excludes halogenated alkanes) is 2. The fourth-order valence-electron chi connectivity index (χ4n) is 3.66. The molecule has 0 spiro atoms. The van der Waals surface area contributed by atoms with Crippen LogP contribution in [0.3, 0.4) is 0 Å². The van der Waals surface area contributed by atoms with Crippen molar-refractivity contribution in [1.29, 1.82) is 0 Å². The van der Waals surface area contributed by atoms with Gasteiger partial charge in [0.15, 0.2) is 0 Å². The number of primary amides is 1. The zero-order chi connectivity index (χ0) is 27.6. The van der Waals surface area contributed by atoms with Crippen LogP contribution in [-0.4, -0.2) is 76.7 Å². The lowest BCUT2D eigenvalue weighted by Gasteiger charge is -2.31. The monoisotopic (exact) mass is 845 g/mol. The molecule has 0 aliphatic carbocycles. The number of nitrogens with zero attached hydrogens (tertiary/aromatic N) is 2. The fourth-order valence-corrected chi connectivity index (χ4v) is 8.53. The Morgan fingerprint density at radius 2 is 1.11 bits per heavy atom. The van der Waals surface area contributed by atoms with Gasteiger partial charge in [-0.05, 0) is 106 Å². The highest BCUT2D eigenvalue weighted by Crippen LogP contribution is 2.42. The molecule has 10 nitrogen and oxygen atoms in total. The molecule has 36 heavy (non-hydrogen) atoms.